The summed E-state index contributed by atoms with van der Waals surface area (Å²) in [4.78, 5) is 25.6. The Balaban J connectivity index is 1.87. The molecular formula is C17H24N2O5S. The molecule has 1 heterocycles. The first-order valence-corrected chi connectivity index (χ1v) is 9.92. The van der Waals surface area contributed by atoms with Crippen molar-refractivity contribution in [1.82, 2.24) is 9.62 Å². The highest BCUT2D eigenvalue weighted by Gasteiger charge is 2.35. The number of rotatable bonds is 9. The van der Waals surface area contributed by atoms with Crippen molar-refractivity contribution in [3.05, 3.63) is 34.9 Å². The van der Waals surface area contributed by atoms with E-state index in [1.807, 2.05) is 20.8 Å². The lowest BCUT2D eigenvalue weighted by Gasteiger charge is -2.14. The van der Waals surface area contributed by atoms with Crippen LogP contribution in [-0.4, -0.2) is 56.7 Å². The largest absolute Gasteiger partial charge is 0.379 e. The van der Waals surface area contributed by atoms with Gasteiger partial charge in [0.1, 0.15) is 0 Å². The highest BCUT2D eigenvalue weighted by atomic mass is 32.2. The third-order valence-corrected chi connectivity index (χ3v) is 5.17. The highest BCUT2D eigenvalue weighted by molar-refractivity contribution is 7.89. The van der Waals surface area contributed by atoms with Gasteiger partial charge in [0.05, 0.1) is 23.0 Å². The molecule has 0 saturated carbocycles. The number of hydrogen-bond acceptors (Lipinski definition) is 5. The maximum atomic E-state index is 12.3. The number of nitrogens with one attached hydrogen (secondary N) is 1. The van der Waals surface area contributed by atoms with Crippen LogP contribution in [-0.2, 0) is 14.8 Å². The molecule has 1 N–H and O–H groups in total. The summed E-state index contributed by atoms with van der Waals surface area (Å²) in [5, 5.41) is 0. The summed E-state index contributed by atoms with van der Waals surface area (Å²) >= 11 is 0. The standard InChI is InChI=1S/C17H24N2O5S/c1-12(2)24-9-4-7-18-25(22,23)10-8-19-16(20)14-6-5-13(3)11-15(14)17(19)21/h5-6,11-12,18H,4,7-10H2,1-3H3. The Morgan fingerprint density at radius 3 is 2.52 bits per heavy atom. The molecule has 8 heteroatoms. The van der Waals surface area contributed by atoms with Gasteiger partial charge in [-0.1, -0.05) is 11.6 Å². The van der Waals surface area contributed by atoms with Gasteiger partial charge in [-0.05, 0) is 39.3 Å². The van der Waals surface area contributed by atoms with Crippen LogP contribution in [0.1, 0.15) is 46.5 Å². The number of hydrogen-bond donors (Lipinski definition) is 1. The van der Waals surface area contributed by atoms with Gasteiger partial charge in [0, 0.05) is 19.7 Å². The van der Waals surface area contributed by atoms with Crippen LogP contribution in [0.2, 0.25) is 0 Å². The summed E-state index contributed by atoms with van der Waals surface area (Å²) in [6.07, 6.45) is 0.665. The van der Waals surface area contributed by atoms with Crippen molar-refractivity contribution in [2.24, 2.45) is 0 Å². The monoisotopic (exact) mass is 368 g/mol. The van der Waals surface area contributed by atoms with Crippen molar-refractivity contribution in [1.29, 1.82) is 0 Å². The van der Waals surface area contributed by atoms with E-state index in [0.29, 0.717) is 24.2 Å². The second kappa shape index (κ2) is 8.07. The quantitative estimate of drug-likeness (QED) is 0.524. The van der Waals surface area contributed by atoms with Crippen molar-refractivity contribution < 1.29 is 22.7 Å². The molecule has 1 aliphatic heterocycles. The van der Waals surface area contributed by atoms with E-state index in [4.69, 9.17) is 4.74 Å². The van der Waals surface area contributed by atoms with Crippen LogP contribution in [0.5, 0.6) is 0 Å². The molecule has 1 aliphatic rings. The number of fused-ring (bicyclic) bond motifs is 1. The van der Waals surface area contributed by atoms with E-state index < -0.39 is 21.8 Å². The normalized spacial score (nSPS) is 14.5. The van der Waals surface area contributed by atoms with Gasteiger partial charge in [0.2, 0.25) is 10.0 Å². The summed E-state index contributed by atoms with van der Waals surface area (Å²) < 4.78 is 31.8. The molecule has 0 radical (unpaired) electrons. The predicted molar refractivity (Wildman–Crippen MR) is 94.0 cm³/mol. The molecule has 2 amide bonds. The van der Waals surface area contributed by atoms with Gasteiger partial charge >= 0.3 is 0 Å². The van der Waals surface area contributed by atoms with Gasteiger partial charge in [-0.25, -0.2) is 13.1 Å². The smallest absolute Gasteiger partial charge is 0.261 e. The molecule has 0 fully saturated rings. The van der Waals surface area contributed by atoms with E-state index in [1.165, 1.54) is 0 Å². The minimum absolute atomic E-state index is 0.106. The fourth-order valence-electron chi connectivity index (χ4n) is 2.51. The molecule has 2 rings (SSSR count). The van der Waals surface area contributed by atoms with Crippen molar-refractivity contribution in [3.63, 3.8) is 0 Å². The molecule has 0 saturated heterocycles. The van der Waals surface area contributed by atoms with Crippen molar-refractivity contribution >= 4 is 21.8 Å². The predicted octanol–water partition coefficient (Wildman–Crippen LogP) is 1.33. The minimum Gasteiger partial charge on any atom is -0.379 e. The van der Waals surface area contributed by atoms with Crippen LogP contribution >= 0.6 is 0 Å². The van der Waals surface area contributed by atoms with Crippen LogP contribution < -0.4 is 4.72 Å². The molecule has 0 unspecified atom stereocenters. The van der Waals surface area contributed by atoms with E-state index in [1.54, 1.807) is 18.2 Å². The summed E-state index contributed by atoms with van der Waals surface area (Å²) in [6, 6.07) is 5.01. The van der Waals surface area contributed by atoms with E-state index in [-0.39, 0.29) is 24.9 Å². The van der Waals surface area contributed by atoms with E-state index in [2.05, 4.69) is 4.72 Å². The van der Waals surface area contributed by atoms with Crippen molar-refractivity contribution in [2.45, 2.75) is 33.3 Å². The minimum atomic E-state index is -3.56. The Labute approximate surface area is 148 Å². The van der Waals surface area contributed by atoms with Gasteiger partial charge in [0.25, 0.3) is 11.8 Å². The zero-order valence-corrected chi connectivity index (χ0v) is 15.6. The molecule has 1 aromatic rings. The Morgan fingerprint density at radius 2 is 1.84 bits per heavy atom. The second-order valence-electron chi connectivity index (χ2n) is 6.30. The zero-order chi connectivity index (χ0) is 18.6. The first-order valence-electron chi connectivity index (χ1n) is 8.27. The lowest BCUT2D eigenvalue weighted by Crippen LogP contribution is -2.38. The van der Waals surface area contributed by atoms with E-state index in [9.17, 15) is 18.0 Å². The number of carbonyl (C=O) groups is 2. The summed E-state index contributed by atoms with van der Waals surface area (Å²) in [6.45, 7) is 6.22. The zero-order valence-electron chi connectivity index (χ0n) is 14.7. The van der Waals surface area contributed by atoms with Crippen LogP contribution in [0, 0.1) is 6.92 Å². The molecule has 0 aromatic heterocycles. The molecule has 0 bridgehead atoms. The molecule has 0 spiro atoms. The number of ether oxygens (including phenoxy) is 1. The Kier molecular flexibility index (Phi) is 6.31. The van der Waals surface area contributed by atoms with Gasteiger partial charge < -0.3 is 4.74 Å². The maximum Gasteiger partial charge on any atom is 0.261 e. The van der Waals surface area contributed by atoms with Crippen molar-refractivity contribution in [3.8, 4) is 0 Å². The van der Waals surface area contributed by atoms with Gasteiger partial charge in [-0.2, -0.15) is 0 Å². The lowest BCUT2D eigenvalue weighted by atomic mass is 10.1. The van der Waals surface area contributed by atoms with Gasteiger partial charge in [0.15, 0.2) is 0 Å². The first-order chi connectivity index (χ1) is 11.7. The van der Waals surface area contributed by atoms with Crippen LogP contribution in [0.25, 0.3) is 0 Å². The lowest BCUT2D eigenvalue weighted by molar-refractivity contribution is 0.0664. The topological polar surface area (TPSA) is 92.8 Å². The summed E-state index contributed by atoms with van der Waals surface area (Å²) in [5.41, 5.74) is 1.53. The SMILES string of the molecule is Cc1ccc2c(c1)C(=O)N(CCS(=O)(=O)NCCCOC(C)C)C2=O. The maximum absolute atomic E-state index is 12.3. The van der Waals surface area contributed by atoms with Gasteiger partial charge in [-0.15, -0.1) is 0 Å². The molecular weight excluding hydrogens is 344 g/mol. The first kappa shape index (κ1) is 19.6. The average molecular weight is 368 g/mol. The Bertz CT molecular complexity index is 758. The molecule has 0 atom stereocenters. The van der Waals surface area contributed by atoms with Crippen LogP contribution in [0.3, 0.4) is 0 Å². The number of amides is 2. The van der Waals surface area contributed by atoms with E-state index >= 15 is 0 Å². The van der Waals surface area contributed by atoms with Crippen LogP contribution in [0.4, 0.5) is 0 Å². The number of carbonyl (C=O) groups excluding carboxylic acids is 2. The third kappa shape index (κ3) is 5.10. The fourth-order valence-corrected chi connectivity index (χ4v) is 3.53. The van der Waals surface area contributed by atoms with Crippen molar-refractivity contribution in [2.75, 3.05) is 25.4 Å². The summed E-state index contributed by atoms with van der Waals surface area (Å²) in [7, 11) is -3.56. The average Bonchev–Trinajstić information content (AvgIpc) is 2.75. The molecule has 138 valence electrons. The fraction of sp³-hybridized carbons (Fsp3) is 0.529. The Hall–Kier alpha value is -1.77. The Morgan fingerprint density at radius 1 is 1.16 bits per heavy atom. The number of aryl methyl sites for hydroxylation is 1. The number of imide groups is 1. The number of benzene rings is 1. The summed E-state index contributed by atoms with van der Waals surface area (Å²) in [5.74, 6) is -1.20. The third-order valence-electron chi connectivity index (χ3n) is 3.80. The molecule has 0 aliphatic carbocycles. The highest BCUT2D eigenvalue weighted by Crippen LogP contribution is 2.23. The number of nitrogens with zero attached hydrogens (tertiary/aromatic N) is 1. The van der Waals surface area contributed by atoms with E-state index in [0.717, 1.165) is 10.5 Å². The molecule has 25 heavy (non-hydrogen) atoms. The van der Waals surface area contributed by atoms with Crippen LogP contribution in [0.15, 0.2) is 18.2 Å². The second-order valence-corrected chi connectivity index (χ2v) is 8.22. The van der Waals surface area contributed by atoms with Gasteiger partial charge in [-0.3, -0.25) is 14.5 Å². The number of sulfonamides is 1. The molecule has 1 aromatic carbocycles. The molecule has 7 nitrogen and oxygen atoms in total.